The summed E-state index contributed by atoms with van der Waals surface area (Å²) in [6, 6.07) is 13.7. The van der Waals surface area contributed by atoms with Crippen molar-refractivity contribution < 1.29 is 13.2 Å². The van der Waals surface area contributed by atoms with Gasteiger partial charge < -0.3 is 9.80 Å². The Kier molecular flexibility index (Phi) is 11.8. The molecule has 2 aliphatic rings. The van der Waals surface area contributed by atoms with Crippen LogP contribution < -0.4 is 4.90 Å². The zero-order valence-corrected chi connectivity index (χ0v) is 27.3. The Bertz CT molecular complexity index is 1440. The van der Waals surface area contributed by atoms with Crippen molar-refractivity contribution in [2.75, 3.05) is 50.4 Å². The van der Waals surface area contributed by atoms with Crippen molar-refractivity contribution in [3.05, 3.63) is 58.1 Å². The van der Waals surface area contributed by atoms with Gasteiger partial charge in [0.15, 0.2) is 0 Å². The van der Waals surface area contributed by atoms with Crippen LogP contribution in [0.4, 0.5) is 5.69 Å². The topological polar surface area (TPSA) is 115 Å². The number of hydrogen-bond donors (Lipinski definition) is 1. The van der Waals surface area contributed by atoms with Crippen LogP contribution in [-0.2, 0) is 21.2 Å². The van der Waals surface area contributed by atoms with Gasteiger partial charge in [-0.2, -0.15) is 5.21 Å². The third-order valence-electron chi connectivity index (χ3n) is 8.40. The van der Waals surface area contributed by atoms with Gasteiger partial charge in [-0.05, 0) is 93.1 Å². The molecule has 0 atom stereocenters. The molecule has 0 bridgehead atoms. The highest BCUT2D eigenvalue weighted by atomic mass is 35.5. The van der Waals surface area contributed by atoms with E-state index in [-0.39, 0.29) is 24.2 Å². The number of aromatic nitrogens is 4. The van der Waals surface area contributed by atoms with Crippen LogP contribution in [0.2, 0.25) is 10.0 Å². The van der Waals surface area contributed by atoms with E-state index in [4.69, 9.17) is 23.2 Å². The number of carbonyl (C=O) groups excluding carboxylic acids is 1. The number of anilines is 1. The van der Waals surface area contributed by atoms with Crippen LogP contribution in [0.25, 0.3) is 11.4 Å². The van der Waals surface area contributed by atoms with E-state index in [1.165, 1.54) is 16.1 Å². The van der Waals surface area contributed by atoms with Crippen LogP contribution >= 0.6 is 35.6 Å². The van der Waals surface area contributed by atoms with E-state index < -0.39 is 10.0 Å². The van der Waals surface area contributed by atoms with E-state index in [2.05, 4.69) is 37.7 Å². The number of rotatable bonds is 10. The number of amides is 1. The summed E-state index contributed by atoms with van der Waals surface area (Å²) in [5.41, 5.74) is 3.00. The smallest absolute Gasteiger partial charge is 0.230 e. The maximum Gasteiger partial charge on any atom is 0.230 e. The Morgan fingerprint density at radius 1 is 1.00 bits per heavy atom. The van der Waals surface area contributed by atoms with Crippen LogP contribution in [0.15, 0.2) is 42.5 Å². The number of halogens is 3. The molecule has 10 nitrogen and oxygen atoms in total. The number of aromatic amines is 1. The van der Waals surface area contributed by atoms with E-state index in [1.54, 1.807) is 12.1 Å². The van der Waals surface area contributed by atoms with Gasteiger partial charge in [-0.25, -0.2) is 12.7 Å². The van der Waals surface area contributed by atoms with Crippen molar-refractivity contribution in [3.63, 3.8) is 0 Å². The fraction of sp³-hybridized carbons (Fsp3) is 0.517. The number of hydrogen-bond acceptors (Lipinski definition) is 7. The maximum absolute atomic E-state index is 13.7. The molecule has 1 amide bonds. The third-order valence-corrected chi connectivity index (χ3v) is 10.4. The summed E-state index contributed by atoms with van der Waals surface area (Å²) < 4.78 is 25.3. The highest BCUT2D eigenvalue weighted by Crippen LogP contribution is 2.30. The Hall–Kier alpha value is -2.28. The number of likely N-dealkylation sites (tertiary alicyclic amines) is 1. The minimum absolute atomic E-state index is 0. The molecule has 0 saturated carbocycles. The molecule has 0 unspecified atom stereocenters. The van der Waals surface area contributed by atoms with Gasteiger partial charge in [0.25, 0.3) is 0 Å². The zero-order chi connectivity index (χ0) is 29.7. The summed E-state index contributed by atoms with van der Waals surface area (Å²) >= 11 is 12.5. The molecule has 3 heterocycles. The largest absolute Gasteiger partial charge is 0.312 e. The molecule has 0 spiro atoms. The van der Waals surface area contributed by atoms with E-state index in [9.17, 15) is 13.2 Å². The summed E-state index contributed by atoms with van der Waals surface area (Å²) in [5.74, 6) is 1.04. The van der Waals surface area contributed by atoms with E-state index in [1.807, 2.05) is 23.1 Å². The van der Waals surface area contributed by atoms with Gasteiger partial charge in [-0.3, -0.25) is 4.79 Å². The van der Waals surface area contributed by atoms with Crippen molar-refractivity contribution in [1.82, 2.24) is 29.8 Å². The first kappa shape index (κ1) is 33.6. The molecule has 0 aliphatic carbocycles. The summed E-state index contributed by atoms with van der Waals surface area (Å²) in [4.78, 5) is 18.0. The van der Waals surface area contributed by atoms with Gasteiger partial charge in [-0.15, -0.1) is 22.6 Å². The van der Waals surface area contributed by atoms with Crippen LogP contribution in [-0.4, -0.2) is 89.7 Å². The average Bonchev–Trinajstić information content (AvgIpc) is 3.53. The second kappa shape index (κ2) is 15.1. The van der Waals surface area contributed by atoms with Gasteiger partial charge in [-0.1, -0.05) is 47.5 Å². The molecule has 43 heavy (non-hydrogen) atoms. The Morgan fingerprint density at radius 3 is 2.30 bits per heavy atom. The second-order valence-electron chi connectivity index (χ2n) is 11.3. The second-order valence-corrected chi connectivity index (χ2v) is 14.1. The highest BCUT2D eigenvalue weighted by molar-refractivity contribution is 7.88. The van der Waals surface area contributed by atoms with E-state index in [0.29, 0.717) is 54.3 Å². The fourth-order valence-electron chi connectivity index (χ4n) is 5.95. The lowest BCUT2D eigenvalue weighted by atomic mass is 9.90. The number of H-pyrrole nitrogens is 1. The number of nitrogens with one attached hydrogen (secondary N) is 1. The molecular weight excluding hydrogens is 633 g/mol. The number of benzene rings is 2. The van der Waals surface area contributed by atoms with Gasteiger partial charge in [0.1, 0.15) is 0 Å². The summed E-state index contributed by atoms with van der Waals surface area (Å²) in [7, 11) is -3.25. The van der Waals surface area contributed by atoms with Crippen molar-refractivity contribution in [2.24, 2.45) is 11.8 Å². The van der Waals surface area contributed by atoms with Crippen molar-refractivity contribution in [2.45, 2.75) is 38.5 Å². The molecule has 2 saturated heterocycles. The first-order valence-electron chi connectivity index (χ1n) is 14.4. The SMILES string of the molecule is CS(=O)(=O)N1CCC(C(=O)N(CCCN2CCC(Cc3ccc(-c4nn[nH]n4)cc3)CC2)c2ccc(Cl)c(Cl)c2)CC1.Cl. The van der Waals surface area contributed by atoms with Gasteiger partial charge in [0, 0.05) is 36.8 Å². The summed E-state index contributed by atoms with van der Waals surface area (Å²) in [5, 5.41) is 15.0. The predicted octanol–water partition coefficient (Wildman–Crippen LogP) is 4.94. The molecule has 2 aliphatic heterocycles. The molecule has 234 valence electrons. The third kappa shape index (κ3) is 8.89. The van der Waals surface area contributed by atoms with Gasteiger partial charge in [0.2, 0.25) is 21.8 Å². The minimum atomic E-state index is -3.25. The standard InChI is InChI=1S/C29H37Cl2N7O3S.ClH/c1-42(40,41)37-17-11-24(12-18-37)29(39)38(25-7-8-26(30)27(31)20-25)14-2-13-36-15-9-22(10-16-36)19-21-3-5-23(6-4-21)28-32-34-35-33-28;/h3-8,20,22,24H,2,9-19H2,1H3,(H,32,33,34,35);1H. The molecule has 5 rings (SSSR count). The van der Waals surface area contributed by atoms with E-state index >= 15 is 0 Å². The lowest BCUT2D eigenvalue weighted by molar-refractivity contribution is -0.123. The Labute approximate surface area is 269 Å². The number of sulfonamides is 1. The van der Waals surface area contributed by atoms with Crippen LogP contribution in [0.3, 0.4) is 0 Å². The fourth-order valence-corrected chi connectivity index (χ4v) is 7.11. The Morgan fingerprint density at radius 2 is 1.70 bits per heavy atom. The van der Waals surface area contributed by atoms with Crippen LogP contribution in [0.1, 0.15) is 37.7 Å². The zero-order valence-electron chi connectivity index (χ0n) is 24.2. The van der Waals surface area contributed by atoms with Gasteiger partial charge >= 0.3 is 0 Å². The molecule has 2 aromatic carbocycles. The van der Waals surface area contributed by atoms with Crippen molar-refractivity contribution in [3.8, 4) is 11.4 Å². The normalized spacial score (nSPS) is 17.5. The first-order chi connectivity index (χ1) is 20.2. The summed E-state index contributed by atoms with van der Waals surface area (Å²) in [6.45, 7) is 4.27. The first-order valence-corrected chi connectivity index (χ1v) is 17.0. The maximum atomic E-state index is 13.7. The van der Waals surface area contributed by atoms with Crippen molar-refractivity contribution in [1.29, 1.82) is 0 Å². The molecule has 14 heteroatoms. The Balaban J connectivity index is 0.00000423. The lowest BCUT2D eigenvalue weighted by Gasteiger charge is -2.35. The molecular formula is C29H38Cl3N7O3S. The number of nitrogens with zero attached hydrogens (tertiary/aromatic N) is 6. The van der Waals surface area contributed by atoms with Crippen LogP contribution in [0.5, 0.6) is 0 Å². The average molecular weight is 671 g/mol. The van der Waals surface area contributed by atoms with E-state index in [0.717, 1.165) is 56.6 Å². The van der Waals surface area contributed by atoms with Crippen molar-refractivity contribution >= 4 is 57.2 Å². The number of piperidine rings is 2. The predicted molar refractivity (Wildman–Crippen MR) is 172 cm³/mol. The molecule has 1 N–H and O–H groups in total. The highest BCUT2D eigenvalue weighted by Gasteiger charge is 2.32. The number of tetrazole rings is 1. The molecule has 1 aromatic heterocycles. The minimum Gasteiger partial charge on any atom is -0.312 e. The summed E-state index contributed by atoms with van der Waals surface area (Å²) in [6.07, 6.45) is 6.40. The lowest BCUT2D eigenvalue weighted by Crippen LogP contribution is -2.45. The monoisotopic (exact) mass is 669 g/mol. The molecule has 0 radical (unpaired) electrons. The van der Waals surface area contributed by atoms with Gasteiger partial charge in [0.05, 0.1) is 16.3 Å². The molecule has 2 fully saturated rings. The molecule has 3 aromatic rings. The number of carbonyl (C=O) groups is 1. The quantitative estimate of drug-likeness (QED) is 0.325. The van der Waals surface area contributed by atoms with Crippen LogP contribution in [0, 0.1) is 11.8 Å².